The number of fused-ring (bicyclic) bond motifs is 1. The molecule has 0 aliphatic carbocycles. The second-order valence-corrected chi connectivity index (χ2v) is 8.41. The van der Waals surface area contributed by atoms with Gasteiger partial charge in [-0.25, -0.2) is 9.97 Å². The number of pyridine rings is 1. The molecule has 0 atom stereocenters. The van der Waals surface area contributed by atoms with Crippen molar-refractivity contribution in [3.63, 3.8) is 0 Å². The van der Waals surface area contributed by atoms with Gasteiger partial charge in [0.2, 0.25) is 5.91 Å². The number of carbonyl (C=O) groups is 1. The number of hydrogen-bond donors (Lipinski definition) is 1. The number of nitrogens with one attached hydrogen (secondary N) is 1. The predicted molar refractivity (Wildman–Crippen MR) is 123 cm³/mol. The largest absolute Gasteiger partial charge is 0.324 e. The van der Waals surface area contributed by atoms with Crippen LogP contribution in [0.1, 0.15) is 22.3 Å². The third-order valence-corrected chi connectivity index (χ3v) is 5.96. The Balaban J connectivity index is 1.56. The molecule has 2 heterocycles. The number of imidazole rings is 1. The van der Waals surface area contributed by atoms with Crippen LogP contribution in [0.5, 0.6) is 0 Å². The van der Waals surface area contributed by atoms with Crippen LogP contribution in [0.3, 0.4) is 0 Å². The molecule has 5 nitrogen and oxygen atoms in total. The summed E-state index contributed by atoms with van der Waals surface area (Å²) < 4.78 is 1.90. The van der Waals surface area contributed by atoms with Gasteiger partial charge in [0.05, 0.1) is 0 Å². The zero-order valence-electron chi connectivity index (χ0n) is 17.3. The Morgan fingerprint density at radius 1 is 1.03 bits per heavy atom. The molecule has 30 heavy (non-hydrogen) atoms. The number of benzene rings is 2. The molecule has 4 rings (SSSR count). The van der Waals surface area contributed by atoms with Crippen LogP contribution in [-0.4, -0.2) is 20.4 Å². The van der Waals surface area contributed by atoms with Crippen molar-refractivity contribution in [2.24, 2.45) is 0 Å². The summed E-state index contributed by atoms with van der Waals surface area (Å²) in [5.41, 5.74) is 7.02. The van der Waals surface area contributed by atoms with Gasteiger partial charge in [-0.1, -0.05) is 59.3 Å². The number of thioether (sulfide) groups is 1. The first-order valence-corrected chi connectivity index (χ1v) is 10.8. The van der Waals surface area contributed by atoms with Crippen LogP contribution >= 0.6 is 11.8 Å². The Morgan fingerprint density at radius 2 is 1.80 bits per heavy atom. The summed E-state index contributed by atoms with van der Waals surface area (Å²) >= 11 is 1.62. The first-order chi connectivity index (χ1) is 14.5. The molecule has 1 N–H and O–H groups in total. The third kappa shape index (κ3) is 4.54. The lowest BCUT2D eigenvalue weighted by Gasteiger charge is -2.11. The minimum atomic E-state index is -0.0934. The minimum Gasteiger partial charge on any atom is -0.324 e. The number of amides is 1. The van der Waals surface area contributed by atoms with Crippen LogP contribution < -0.4 is 5.32 Å². The molecular formula is C24H24N4OS. The first-order valence-electron chi connectivity index (χ1n) is 9.86. The highest BCUT2D eigenvalue weighted by molar-refractivity contribution is 7.98. The van der Waals surface area contributed by atoms with Gasteiger partial charge in [0, 0.05) is 17.6 Å². The SMILES string of the molecule is Cc1ccc(CSc2nc3cccnc3n2CC(=O)Nc2ccc(C)cc2C)cc1. The molecule has 0 aliphatic heterocycles. The smallest absolute Gasteiger partial charge is 0.244 e. The highest BCUT2D eigenvalue weighted by Crippen LogP contribution is 2.26. The van der Waals surface area contributed by atoms with Gasteiger partial charge >= 0.3 is 0 Å². The summed E-state index contributed by atoms with van der Waals surface area (Å²) in [7, 11) is 0. The number of carbonyl (C=O) groups excluding carboxylic acids is 1. The van der Waals surface area contributed by atoms with Crippen LogP contribution in [-0.2, 0) is 17.1 Å². The van der Waals surface area contributed by atoms with Gasteiger partial charge in [-0.15, -0.1) is 0 Å². The van der Waals surface area contributed by atoms with E-state index in [1.807, 2.05) is 42.7 Å². The highest BCUT2D eigenvalue weighted by Gasteiger charge is 2.16. The van der Waals surface area contributed by atoms with Crippen molar-refractivity contribution in [2.75, 3.05) is 5.32 Å². The number of aromatic nitrogens is 3. The second kappa shape index (κ2) is 8.71. The van der Waals surface area contributed by atoms with Crippen LogP contribution in [0.15, 0.2) is 66.0 Å². The summed E-state index contributed by atoms with van der Waals surface area (Å²) in [5.74, 6) is 0.687. The third-order valence-electron chi connectivity index (χ3n) is 4.92. The topological polar surface area (TPSA) is 59.8 Å². The highest BCUT2D eigenvalue weighted by atomic mass is 32.2. The second-order valence-electron chi connectivity index (χ2n) is 7.47. The Morgan fingerprint density at radius 3 is 2.57 bits per heavy atom. The Bertz CT molecular complexity index is 1200. The molecule has 6 heteroatoms. The zero-order valence-corrected chi connectivity index (χ0v) is 18.2. The summed E-state index contributed by atoms with van der Waals surface area (Å²) in [4.78, 5) is 22.0. The molecule has 0 unspecified atom stereocenters. The van der Waals surface area contributed by atoms with Gasteiger partial charge in [-0.3, -0.25) is 9.36 Å². The normalized spacial score (nSPS) is 11.0. The van der Waals surface area contributed by atoms with E-state index >= 15 is 0 Å². The van der Waals surface area contributed by atoms with Crippen molar-refractivity contribution in [3.05, 3.63) is 83.0 Å². The predicted octanol–water partition coefficient (Wildman–Crippen LogP) is 5.29. The molecule has 0 radical (unpaired) electrons. The molecule has 4 aromatic rings. The molecule has 0 saturated carbocycles. The molecule has 2 aromatic carbocycles. The van der Waals surface area contributed by atoms with Crippen LogP contribution in [0.25, 0.3) is 11.2 Å². The molecule has 0 aliphatic rings. The van der Waals surface area contributed by atoms with Crippen molar-refractivity contribution >= 4 is 34.5 Å². The van der Waals surface area contributed by atoms with E-state index in [2.05, 4.69) is 47.6 Å². The van der Waals surface area contributed by atoms with Gasteiger partial charge < -0.3 is 5.32 Å². The maximum atomic E-state index is 12.8. The summed E-state index contributed by atoms with van der Waals surface area (Å²) in [5, 5.41) is 3.81. The van der Waals surface area contributed by atoms with Crippen molar-refractivity contribution in [1.29, 1.82) is 0 Å². The average Bonchev–Trinajstić information content (AvgIpc) is 3.07. The molecular weight excluding hydrogens is 392 g/mol. The number of hydrogen-bond acceptors (Lipinski definition) is 4. The van der Waals surface area contributed by atoms with E-state index in [0.717, 1.165) is 33.3 Å². The Kier molecular flexibility index (Phi) is 5.86. The van der Waals surface area contributed by atoms with Crippen molar-refractivity contribution in [1.82, 2.24) is 14.5 Å². The molecule has 152 valence electrons. The first kappa shape index (κ1) is 20.2. The number of rotatable bonds is 6. The number of aryl methyl sites for hydroxylation is 3. The van der Waals surface area contributed by atoms with E-state index in [4.69, 9.17) is 4.98 Å². The van der Waals surface area contributed by atoms with Crippen molar-refractivity contribution < 1.29 is 4.79 Å². The van der Waals surface area contributed by atoms with Gasteiger partial charge in [-0.05, 0) is 50.1 Å². The maximum Gasteiger partial charge on any atom is 0.244 e. The van der Waals surface area contributed by atoms with E-state index < -0.39 is 0 Å². The lowest BCUT2D eigenvalue weighted by molar-refractivity contribution is -0.116. The lowest BCUT2D eigenvalue weighted by Crippen LogP contribution is -2.20. The average molecular weight is 417 g/mol. The van der Waals surface area contributed by atoms with Gasteiger partial charge in [0.15, 0.2) is 10.8 Å². The maximum absolute atomic E-state index is 12.8. The zero-order chi connectivity index (χ0) is 21.1. The van der Waals surface area contributed by atoms with Crippen LogP contribution in [0.4, 0.5) is 5.69 Å². The van der Waals surface area contributed by atoms with E-state index in [1.165, 1.54) is 16.7 Å². The molecule has 1 amide bonds. The fourth-order valence-corrected chi connectivity index (χ4v) is 4.27. The fourth-order valence-electron chi connectivity index (χ4n) is 3.31. The number of nitrogens with zero attached hydrogens (tertiary/aromatic N) is 3. The van der Waals surface area contributed by atoms with E-state index in [1.54, 1.807) is 18.0 Å². The molecule has 0 saturated heterocycles. The molecule has 0 spiro atoms. The standard InChI is InChI=1S/C24H24N4OS/c1-16-6-9-19(10-7-16)15-30-24-27-21-5-4-12-25-23(21)28(24)14-22(29)26-20-11-8-17(2)13-18(20)3/h4-13H,14-15H2,1-3H3,(H,26,29). The fraction of sp³-hybridized carbons (Fsp3) is 0.208. The van der Waals surface area contributed by atoms with Gasteiger partial charge in [0.25, 0.3) is 0 Å². The summed E-state index contributed by atoms with van der Waals surface area (Å²) in [6.45, 7) is 6.28. The van der Waals surface area contributed by atoms with E-state index in [-0.39, 0.29) is 12.5 Å². The van der Waals surface area contributed by atoms with Crippen molar-refractivity contribution in [3.8, 4) is 0 Å². The molecule has 2 aromatic heterocycles. The summed E-state index contributed by atoms with van der Waals surface area (Å²) in [6, 6.07) is 18.3. The monoisotopic (exact) mass is 416 g/mol. The van der Waals surface area contributed by atoms with Crippen LogP contribution in [0, 0.1) is 20.8 Å². The van der Waals surface area contributed by atoms with E-state index in [9.17, 15) is 4.79 Å². The Hall–Kier alpha value is -3.12. The van der Waals surface area contributed by atoms with Crippen molar-refractivity contribution in [2.45, 2.75) is 38.2 Å². The van der Waals surface area contributed by atoms with Gasteiger partial charge in [0.1, 0.15) is 12.1 Å². The van der Waals surface area contributed by atoms with E-state index in [0.29, 0.717) is 0 Å². The van der Waals surface area contributed by atoms with Crippen LogP contribution in [0.2, 0.25) is 0 Å². The number of anilines is 1. The minimum absolute atomic E-state index is 0.0934. The quantitative estimate of drug-likeness (QED) is 0.434. The molecule has 0 fully saturated rings. The molecule has 0 bridgehead atoms. The Labute approximate surface area is 180 Å². The lowest BCUT2D eigenvalue weighted by atomic mass is 10.1. The summed E-state index contributed by atoms with van der Waals surface area (Å²) in [6.07, 6.45) is 1.73. The van der Waals surface area contributed by atoms with Gasteiger partial charge in [-0.2, -0.15) is 0 Å².